The van der Waals surface area contributed by atoms with Gasteiger partial charge in [0, 0.05) is 18.8 Å². The quantitative estimate of drug-likeness (QED) is 0.608. The highest BCUT2D eigenvalue weighted by molar-refractivity contribution is 5.78. The Kier molecular flexibility index (Phi) is 4.04. The van der Waals surface area contributed by atoms with E-state index in [1.54, 1.807) is 12.1 Å². The average Bonchev–Trinajstić information content (AvgIpc) is 2.70. The van der Waals surface area contributed by atoms with Crippen LogP contribution in [0.25, 0.3) is 11.1 Å². The highest BCUT2D eigenvalue weighted by atomic mass is 16.5. The number of fused-ring (bicyclic) bond motifs is 1. The fourth-order valence-electron chi connectivity index (χ4n) is 1.57. The van der Waals surface area contributed by atoms with Crippen LogP contribution in [0.1, 0.15) is 13.8 Å². The monoisotopic (exact) mass is 249 g/mol. The number of hydrogen-bond acceptors (Lipinski definition) is 5. The van der Waals surface area contributed by atoms with Crippen molar-refractivity contribution in [3.8, 4) is 0 Å². The Balaban J connectivity index is 1.84. The van der Waals surface area contributed by atoms with Gasteiger partial charge in [0.15, 0.2) is 5.58 Å². The molecule has 0 saturated heterocycles. The average molecular weight is 249 g/mol. The summed E-state index contributed by atoms with van der Waals surface area (Å²) < 4.78 is 11.0. The lowest BCUT2D eigenvalue weighted by Gasteiger charge is -2.06. The first-order valence-corrected chi connectivity index (χ1v) is 6.13. The maximum atomic E-state index is 5.68. The molecule has 98 valence electrons. The number of nitrogens with one attached hydrogen (secondary N) is 1. The van der Waals surface area contributed by atoms with E-state index in [-0.39, 0.29) is 0 Å². The number of rotatable bonds is 6. The van der Waals surface area contributed by atoms with Crippen molar-refractivity contribution in [1.29, 1.82) is 0 Å². The fourth-order valence-corrected chi connectivity index (χ4v) is 1.57. The molecule has 2 rings (SSSR count). The number of nitrogens with two attached hydrogens (primary N) is 1. The van der Waals surface area contributed by atoms with Crippen LogP contribution < -0.4 is 11.1 Å². The maximum absolute atomic E-state index is 5.68. The predicted octanol–water partition coefficient (Wildman–Crippen LogP) is 2.49. The third kappa shape index (κ3) is 3.37. The van der Waals surface area contributed by atoms with Crippen molar-refractivity contribution < 1.29 is 9.15 Å². The molecule has 2 aromatic rings. The molecule has 1 aromatic carbocycles. The number of anilines is 2. The molecule has 5 nitrogen and oxygen atoms in total. The van der Waals surface area contributed by atoms with Gasteiger partial charge in [-0.25, -0.2) is 0 Å². The lowest BCUT2D eigenvalue weighted by Crippen LogP contribution is -2.12. The molecular formula is C13H19N3O2. The van der Waals surface area contributed by atoms with Crippen LogP contribution in [0.3, 0.4) is 0 Å². The van der Waals surface area contributed by atoms with E-state index in [1.165, 1.54) is 0 Å². The second-order valence-electron chi connectivity index (χ2n) is 4.64. The third-order valence-corrected chi connectivity index (χ3v) is 2.39. The number of benzene rings is 1. The molecule has 0 spiro atoms. The van der Waals surface area contributed by atoms with E-state index in [9.17, 15) is 0 Å². The Morgan fingerprint density at radius 3 is 3.06 bits per heavy atom. The Labute approximate surface area is 106 Å². The van der Waals surface area contributed by atoms with Crippen molar-refractivity contribution in [2.45, 2.75) is 13.8 Å². The van der Waals surface area contributed by atoms with Crippen LogP contribution in [-0.2, 0) is 4.74 Å². The second kappa shape index (κ2) is 5.73. The highest BCUT2D eigenvalue weighted by Gasteiger charge is 2.04. The largest absolute Gasteiger partial charge is 0.424 e. The van der Waals surface area contributed by atoms with Gasteiger partial charge in [-0.3, -0.25) is 0 Å². The Hall–Kier alpha value is -1.75. The van der Waals surface area contributed by atoms with Crippen LogP contribution in [0.5, 0.6) is 0 Å². The second-order valence-corrected chi connectivity index (χ2v) is 4.64. The van der Waals surface area contributed by atoms with Crippen molar-refractivity contribution in [3.05, 3.63) is 18.2 Å². The summed E-state index contributed by atoms with van der Waals surface area (Å²) in [6, 6.07) is 5.91. The molecule has 0 aliphatic carbocycles. The van der Waals surface area contributed by atoms with Crippen molar-refractivity contribution in [1.82, 2.24) is 4.98 Å². The fraction of sp³-hybridized carbons (Fsp3) is 0.462. The molecule has 0 aliphatic heterocycles. The molecule has 0 bridgehead atoms. The van der Waals surface area contributed by atoms with E-state index in [1.807, 2.05) is 6.07 Å². The smallest absolute Gasteiger partial charge is 0.295 e. The molecule has 0 amide bonds. The van der Waals surface area contributed by atoms with Crippen LogP contribution in [0.15, 0.2) is 22.6 Å². The molecule has 0 saturated carbocycles. The molecular weight excluding hydrogens is 230 g/mol. The van der Waals surface area contributed by atoms with E-state index in [4.69, 9.17) is 14.9 Å². The van der Waals surface area contributed by atoms with E-state index >= 15 is 0 Å². The minimum absolute atomic E-state index is 0.503. The first-order valence-electron chi connectivity index (χ1n) is 6.13. The van der Waals surface area contributed by atoms with Crippen LogP contribution in [-0.4, -0.2) is 24.7 Å². The summed E-state index contributed by atoms with van der Waals surface area (Å²) in [5.74, 6) is 0.553. The van der Waals surface area contributed by atoms with Gasteiger partial charge in [0.1, 0.15) is 5.52 Å². The van der Waals surface area contributed by atoms with Gasteiger partial charge < -0.3 is 20.2 Å². The van der Waals surface area contributed by atoms with Crippen molar-refractivity contribution in [2.24, 2.45) is 5.92 Å². The zero-order chi connectivity index (χ0) is 13.0. The van der Waals surface area contributed by atoms with Gasteiger partial charge in [0.05, 0.1) is 6.61 Å². The minimum atomic E-state index is 0.503. The molecule has 5 heteroatoms. The molecule has 18 heavy (non-hydrogen) atoms. The maximum Gasteiger partial charge on any atom is 0.295 e. The molecule has 0 radical (unpaired) electrons. The summed E-state index contributed by atoms with van der Waals surface area (Å²) in [5.41, 5.74) is 7.86. The van der Waals surface area contributed by atoms with E-state index < -0.39 is 0 Å². The molecule has 1 heterocycles. The van der Waals surface area contributed by atoms with Gasteiger partial charge in [0.2, 0.25) is 0 Å². The Bertz CT molecular complexity index is 508. The number of aromatic nitrogens is 1. The lowest BCUT2D eigenvalue weighted by molar-refractivity contribution is 0.118. The number of oxazole rings is 1. The van der Waals surface area contributed by atoms with E-state index in [0.717, 1.165) is 17.7 Å². The van der Waals surface area contributed by atoms with Gasteiger partial charge in [-0.05, 0) is 24.1 Å². The van der Waals surface area contributed by atoms with Crippen LogP contribution in [0.4, 0.5) is 11.7 Å². The van der Waals surface area contributed by atoms with Gasteiger partial charge in [-0.2, -0.15) is 4.98 Å². The first kappa shape index (κ1) is 12.7. The topological polar surface area (TPSA) is 73.3 Å². The molecule has 0 aliphatic rings. The molecule has 0 atom stereocenters. The molecule has 3 N–H and O–H groups in total. The summed E-state index contributed by atoms with van der Waals surface area (Å²) in [7, 11) is 0. The van der Waals surface area contributed by atoms with Gasteiger partial charge >= 0.3 is 0 Å². The first-order chi connectivity index (χ1) is 8.65. The number of hydrogen-bond donors (Lipinski definition) is 2. The normalized spacial score (nSPS) is 11.3. The van der Waals surface area contributed by atoms with Gasteiger partial charge in [-0.1, -0.05) is 13.8 Å². The van der Waals surface area contributed by atoms with E-state index in [0.29, 0.717) is 30.8 Å². The highest BCUT2D eigenvalue weighted by Crippen LogP contribution is 2.20. The standard InChI is InChI=1S/C13H19N3O2/c1-9(2)8-17-6-5-15-13-16-11-7-10(14)3-4-12(11)18-13/h3-4,7,9H,5-6,8,14H2,1-2H3,(H,15,16). The van der Waals surface area contributed by atoms with Crippen LogP contribution in [0, 0.1) is 5.92 Å². The summed E-state index contributed by atoms with van der Waals surface area (Å²) in [6.07, 6.45) is 0. The Morgan fingerprint density at radius 1 is 1.44 bits per heavy atom. The van der Waals surface area contributed by atoms with Crippen LogP contribution >= 0.6 is 0 Å². The zero-order valence-corrected chi connectivity index (χ0v) is 10.8. The summed E-state index contributed by atoms with van der Waals surface area (Å²) in [4.78, 5) is 4.29. The Morgan fingerprint density at radius 2 is 2.28 bits per heavy atom. The van der Waals surface area contributed by atoms with Crippen molar-refractivity contribution >= 4 is 22.8 Å². The minimum Gasteiger partial charge on any atom is -0.424 e. The summed E-state index contributed by atoms with van der Waals surface area (Å²) >= 11 is 0. The molecule has 0 fully saturated rings. The van der Waals surface area contributed by atoms with E-state index in [2.05, 4.69) is 24.1 Å². The molecule has 0 unspecified atom stereocenters. The van der Waals surface area contributed by atoms with Gasteiger partial charge in [0.25, 0.3) is 6.01 Å². The third-order valence-electron chi connectivity index (χ3n) is 2.39. The predicted molar refractivity (Wildman–Crippen MR) is 72.6 cm³/mol. The van der Waals surface area contributed by atoms with Crippen molar-refractivity contribution in [3.63, 3.8) is 0 Å². The summed E-state index contributed by atoms with van der Waals surface area (Å²) in [5, 5.41) is 3.08. The number of nitrogen functional groups attached to an aromatic ring is 1. The lowest BCUT2D eigenvalue weighted by atomic mass is 10.2. The summed E-state index contributed by atoms with van der Waals surface area (Å²) in [6.45, 7) is 6.33. The van der Waals surface area contributed by atoms with Crippen molar-refractivity contribution in [2.75, 3.05) is 30.8 Å². The van der Waals surface area contributed by atoms with Gasteiger partial charge in [-0.15, -0.1) is 0 Å². The van der Waals surface area contributed by atoms with Crippen LogP contribution in [0.2, 0.25) is 0 Å². The number of nitrogens with zero attached hydrogens (tertiary/aromatic N) is 1. The SMILES string of the molecule is CC(C)COCCNc1nc2cc(N)ccc2o1. The number of ether oxygens (including phenoxy) is 1. The zero-order valence-electron chi connectivity index (χ0n) is 10.8. The molecule has 1 aromatic heterocycles.